The van der Waals surface area contributed by atoms with E-state index in [0.717, 1.165) is 48.1 Å². The van der Waals surface area contributed by atoms with E-state index >= 15 is 0 Å². The minimum atomic E-state index is -4.54. The number of carbonyl (C=O) groups excluding carboxylic acids is 1. The summed E-state index contributed by atoms with van der Waals surface area (Å²) in [5.41, 5.74) is 7.17. The van der Waals surface area contributed by atoms with Crippen molar-refractivity contribution < 1.29 is 22.7 Å². The normalized spacial score (nSPS) is 17.3. The van der Waals surface area contributed by atoms with Crippen LogP contribution in [0.25, 0.3) is 16.0 Å². The minimum Gasteiger partial charge on any atom is -0.484 e. The molecule has 206 valence electrons. The third kappa shape index (κ3) is 5.63. The van der Waals surface area contributed by atoms with Gasteiger partial charge in [-0.25, -0.2) is 4.98 Å². The SMILES string of the molecule is C[C@@H](Oc1cc(-n2cnc3cnc(CN4CCC(N(C)C)C4)cc32)sc1C(N)=O)c1ccccc1C(F)(F)F. The summed E-state index contributed by atoms with van der Waals surface area (Å²) in [4.78, 5) is 26.0. The molecule has 3 aromatic heterocycles. The van der Waals surface area contributed by atoms with Crippen molar-refractivity contribution >= 4 is 28.3 Å². The number of nitrogens with zero attached hydrogens (tertiary/aromatic N) is 5. The topological polar surface area (TPSA) is 89.5 Å². The highest BCUT2D eigenvalue weighted by molar-refractivity contribution is 7.16. The van der Waals surface area contributed by atoms with E-state index in [2.05, 4.69) is 33.9 Å². The number of pyridine rings is 1. The number of carbonyl (C=O) groups is 1. The minimum absolute atomic E-state index is 0.0321. The Hall–Kier alpha value is -3.48. The Kier molecular flexibility index (Phi) is 7.36. The summed E-state index contributed by atoms with van der Waals surface area (Å²) in [5, 5.41) is 0.601. The van der Waals surface area contributed by atoms with E-state index in [0.29, 0.717) is 23.1 Å². The molecule has 2 N–H and O–H groups in total. The molecule has 0 radical (unpaired) electrons. The zero-order valence-corrected chi connectivity index (χ0v) is 22.6. The van der Waals surface area contributed by atoms with Gasteiger partial charge in [0.2, 0.25) is 0 Å². The van der Waals surface area contributed by atoms with Gasteiger partial charge in [-0.3, -0.25) is 19.2 Å². The third-order valence-corrected chi connectivity index (χ3v) is 8.14. The molecule has 1 unspecified atom stereocenters. The fraction of sp³-hybridized carbons (Fsp3) is 0.370. The van der Waals surface area contributed by atoms with E-state index in [4.69, 9.17) is 10.5 Å². The van der Waals surface area contributed by atoms with E-state index in [1.54, 1.807) is 18.6 Å². The van der Waals surface area contributed by atoms with Gasteiger partial charge in [-0.15, -0.1) is 11.3 Å². The van der Waals surface area contributed by atoms with Crippen molar-refractivity contribution in [3.8, 4) is 10.8 Å². The number of imidazole rings is 1. The highest BCUT2D eigenvalue weighted by Gasteiger charge is 2.35. The highest BCUT2D eigenvalue weighted by atomic mass is 32.1. The number of benzene rings is 1. The van der Waals surface area contributed by atoms with E-state index in [-0.39, 0.29) is 16.2 Å². The number of likely N-dealkylation sites (N-methyl/N-ethyl adjacent to an activating group) is 1. The molecule has 1 amide bonds. The zero-order valence-electron chi connectivity index (χ0n) is 21.8. The Bertz CT molecular complexity index is 1500. The van der Waals surface area contributed by atoms with Crippen LogP contribution < -0.4 is 10.5 Å². The number of nitrogens with two attached hydrogens (primary N) is 1. The molecule has 0 spiro atoms. The molecule has 0 saturated carbocycles. The lowest BCUT2D eigenvalue weighted by molar-refractivity contribution is -0.139. The van der Waals surface area contributed by atoms with Crippen molar-refractivity contribution in [1.82, 2.24) is 24.3 Å². The first kappa shape index (κ1) is 27.1. The average molecular weight is 559 g/mol. The summed E-state index contributed by atoms with van der Waals surface area (Å²) >= 11 is 1.09. The van der Waals surface area contributed by atoms with Crippen LogP contribution in [0.15, 0.2) is 48.9 Å². The Balaban J connectivity index is 1.43. The monoisotopic (exact) mass is 558 g/mol. The second-order valence-electron chi connectivity index (χ2n) is 9.91. The van der Waals surface area contributed by atoms with Crippen LogP contribution in [0.5, 0.6) is 5.75 Å². The fourth-order valence-electron chi connectivity index (χ4n) is 4.93. The van der Waals surface area contributed by atoms with Gasteiger partial charge in [0.1, 0.15) is 33.6 Å². The van der Waals surface area contributed by atoms with Gasteiger partial charge >= 0.3 is 6.18 Å². The molecular weight excluding hydrogens is 529 g/mol. The first-order valence-corrected chi connectivity index (χ1v) is 13.3. The molecule has 1 aliphatic heterocycles. The van der Waals surface area contributed by atoms with Gasteiger partial charge in [0.05, 0.1) is 23.0 Å². The lowest BCUT2D eigenvalue weighted by Crippen LogP contribution is -2.31. The van der Waals surface area contributed by atoms with Gasteiger partial charge in [0, 0.05) is 37.3 Å². The molecule has 1 aliphatic rings. The number of rotatable bonds is 8. The van der Waals surface area contributed by atoms with Crippen LogP contribution in [-0.2, 0) is 12.7 Å². The lowest BCUT2D eigenvalue weighted by Gasteiger charge is -2.20. The van der Waals surface area contributed by atoms with Gasteiger partial charge in [-0.2, -0.15) is 13.2 Å². The van der Waals surface area contributed by atoms with Crippen molar-refractivity contribution in [1.29, 1.82) is 0 Å². The predicted octanol–water partition coefficient (Wildman–Crippen LogP) is 4.88. The zero-order chi connectivity index (χ0) is 27.9. The molecule has 4 heterocycles. The van der Waals surface area contributed by atoms with Crippen LogP contribution in [0.4, 0.5) is 13.2 Å². The van der Waals surface area contributed by atoms with E-state index in [1.807, 2.05) is 10.6 Å². The molecule has 1 saturated heterocycles. The molecule has 0 bridgehead atoms. The molecular formula is C27H29F3N6O2S. The summed E-state index contributed by atoms with van der Waals surface area (Å²) in [5.74, 6) is -0.608. The summed E-state index contributed by atoms with van der Waals surface area (Å²) < 4.78 is 48.4. The number of amides is 1. The molecule has 39 heavy (non-hydrogen) atoms. The van der Waals surface area contributed by atoms with E-state index < -0.39 is 23.8 Å². The smallest absolute Gasteiger partial charge is 0.416 e. The van der Waals surface area contributed by atoms with Crippen molar-refractivity contribution in [2.45, 2.75) is 38.2 Å². The summed E-state index contributed by atoms with van der Waals surface area (Å²) in [6.07, 6.45) is -1.07. The van der Waals surface area contributed by atoms with Crippen molar-refractivity contribution in [3.05, 3.63) is 70.6 Å². The Morgan fingerprint density at radius 3 is 2.72 bits per heavy atom. The van der Waals surface area contributed by atoms with Crippen molar-refractivity contribution in [3.63, 3.8) is 0 Å². The van der Waals surface area contributed by atoms with E-state index in [9.17, 15) is 18.0 Å². The number of ether oxygens (including phenoxy) is 1. The van der Waals surface area contributed by atoms with E-state index in [1.165, 1.54) is 25.1 Å². The fourth-order valence-corrected chi connectivity index (χ4v) is 5.85. The number of primary amides is 1. The number of hydrogen-bond acceptors (Lipinski definition) is 7. The molecule has 12 heteroatoms. The molecule has 5 rings (SSSR count). The number of hydrogen-bond donors (Lipinski definition) is 1. The van der Waals surface area contributed by atoms with Crippen LogP contribution in [0.2, 0.25) is 0 Å². The van der Waals surface area contributed by atoms with Gasteiger partial charge in [0.25, 0.3) is 5.91 Å². The average Bonchev–Trinajstić information content (AvgIpc) is 3.62. The molecule has 8 nitrogen and oxygen atoms in total. The number of aromatic nitrogens is 3. The van der Waals surface area contributed by atoms with Gasteiger partial charge in [-0.05, 0) is 39.6 Å². The maximum absolute atomic E-state index is 13.6. The number of alkyl halides is 3. The maximum Gasteiger partial charge on any atom is 0.416 e. The van der Waals surface area contributed by atoms with Gasteiger partial charge in [-0.1, -0.05) is 18.2 Å². The summed E-state index contributed by atoms with van der Waals surface area (Å²) in [6.45, 7) is 4.17. The van der Waals surface area contributed by atoms with Crippen LogP contribution >= 0.6 is 11.3 Å². The van der Waals surface area contributed by atoms with Gasteiger partial charge in [0.15, 0.2) is 0 Å². The first-order valence-electron chi connectivity index (χ1n) is 12.5. The maximum atomic E-state index is 13.6. The predicted molar refractivity (Wildman–Crippen MR) is 143 cm³/mol. The molecule has 1 aromatic carbocycles. The highest BCUT2D eigenvalue weighted by Crippen LogP contribution is 2.39. The number of fused-ring (bicyclic) bond motifs is 1. The standard InChI is InChI=1S/C27H29F3N6O2S/c1-16(19-6-4-5-7-20(19)27(28,29)30)38-23-11-24(39-25(23)26(31)37)36-15-33-21-12-32-17(10-22(21)36)13-35-9-8-18(14-35)34(2)3/h4-7,10-12,15-16,18H,8-9,13-14H2,1-3H3,(H2,31,37)/t16-,18?/m1/s1. The molecule has 0 aliphatic carbocycles. The first-order chi connectivity index (χ1) is 18.5. The Morgan fingerprint density at radius 2 is 2.03 bits per heavy atom. The van der Waals surface area contributed by atoms with Crippen molar-refractivity contribution in [2.24, 2.45) is 5.73 Å². The second kappa shape index (κ2) is 10.6. The van der Waals surface area contributed by atoms with Crippen LogP contribution in [0, 0.1) is 0 Å². The van der Waals surface area contributed by atoms with Gasteiger partial charge < -0.3 is 15.4 Å². The number of likely N-dealkylation sites (tertiary alicyclic amines) is 1. The van der Waals surface area contributed by atoms with Crippen LogP contribution in [-0.4, -0.2) is 63.5 Å². The van der Waals surface area contributed by atoms with Crippen LogP contribution in [0.3, 0.4) is 0 Å². The number of halogens is 3. The quantitative estimate of drug-likeness (QED) is 0.332. The summed E-state index contributed by atoms with van der Waals surface area (Å²) in [7, 11) is 4.18. The molecule has 4 aromatic rings. The lowest BCUT2D eigenvalue weighted by atomic mass is 10.0. The Labute approximate surface area is 227 Å². The molecule has 1 fully saturated rings. The third-order valence-electron chi connectivity index (χ3n) is 7.01. The largest absolute Gasteiger partial charge is 0.484 e. The number of thiophene rings is 1. The second-order valence-corrected chi connectivity index (χ2v) is 10.9. The molecule has 2 atom stereocenters. The Morgan fingerprint density at radius 1 is 1.26 bits per heavy atom. The van der Waals surface area contributed by atoms with Crippen LogP contribution in [0.1, 0.15) is 45.9 Å². The van der Waals surface area contributed by atoms with Crippen molar-refractivity contribution in [2.75, 3.05) is 27.2 Å². The summed E-state index contributed by atoms with van der Waals surface area (Å²) in [6, 6.07) is 9.32.